The highest BCUT2D eigenvalue weighted by Gasteiger charge is 2.39. The molecule has 324 valence electrons. The summed E-state index contributed by atoms with van der Waals surface area (Å²) >= 11 is 0. The second-order valence-electron chi connectivity index (χ2n) is 14.7. The van der Waals surface area contributed by atoms with Gasteiger partial charge in [-0.15, -0.1) is 0 Å². The Hall–Kier alpha value is -2.92. The third kappa shape index (κ3) is 29.9. The highest BCUT2D eigenvalue weighted by molar-refractivity contribution is 7.46. The summed E-state index contributed by atoms with van der Waals surface area (Å²) in [6.45, 7) is 3.28. The minimum absolute atomic E-state index is 0.00623. The quantitative estimate of drug-likeness (QED) is 0.0210. The number of ether oxygens (including phenoxy) is 2. The molecule has 11 nitrogen and oxygen atoms in total. The molecule has 0 spiro atoms. The molecule has 1 fully saturated rings. The van der Waals surface area contributed by atoms with Crippen molar-refractivity contribution in [2.75, 3.05) is 13.2 Å². The standard InChI is InChI=1S/C45H73O11P/c1-3-5-7-8-9-10-11-12-13-14-15-16-17-18-19-20-21-22-28-32-45(50)56-39(37-55-57(51,52)53)36-54-44(49)31-27-24-23-26-30-40-41(43(48)35-42(40)47)34-33-38(46)29-25-6-4-2/h9-10,12-13,15-16,18-19,21-22,33-34,38-42,46-47H,3-8,11,14,17,20,23-32,35-37H2,1-2H3,(H2,51,52,53)/b10-9-,13-12-,16-15-,19-18-,22-21-,34-33+/t38-,39+,40+,41+,42-/m0/s1. The van der Waals surface area contributed by atoms with E-state index in [1.54, 1.807) is 12.2 Å². The topological polar surface area (TPSA) is 177 Å². The first-order valence-corrected chi connectivity index (χ1v) is 22.9. The number of unbranched alkanes of at least 4 members (excludes halogenated alkanes) is 8. The van der Waals surface area contributed by atoms with Gasteiger partial charge in [-0.05, 0) is 70.1 Å². The first kappa shape index (κ1) is 52.1. The SMILES string of the molecule is CCCCC/C=C\C/C=C\C/C=C\C/C=C\C/C=C\CCC(=O)O[C@H](COC(=O)CCCCCC[C@H]1[C@@H](O)CC(=O)[C@@H]1/C=C/[C@@H](O)CCCCC)COP(=O)(O)O. The maximum absolute atomic E-state index is 12.5. The number of phosphoric acid groups is 1. The first-order chi connectivity index (χ1) is 27.5. The second-order valence-corrected chi connectivity index (χ2v) is 16.0. The summed E-state index contributed by atoms with van der Waals surface area (Å²) in [6, 6.07) is 0. The molecule has 1 aliphatic carbocycles. The second kappa shape index (κ2) is 34.0. The summed E-state index contributed by atoms with van der Waals surface area (Å²) in [7, 11) is -4.84. The molecule has 0 aromatic heterocycles. The van der Waals surface area contributed by atoms with Crippen LogP contribution >= 0.6 is 7.82 Å². The number of allylic oxidation sites excluding steroid dienone is 11. The molecule has 5 atom stereocenters. The number of carbonyl (C=O) groups excluding carboxylic acids is 3. The van der Waals surface area contributed by atoms with E-state index in [2.05, 4.69) is 60.9 Å². The van der Waals surface area contributed by atoms with E-state index in [1.807, 2.05) is 18.2 Å². The monoisotopic (exact) mass is 820 g/mol. The van der Waals surface area contributed by atoms with Crippen LogP contribution < -0.4 is 0 Å². The summed E-state index contributed by atoms with van der Waals surface area (Å²) in [5.74, 6) is -1.74. The average molecular weight is 821 g/mol. The van der Waals surface area contributed by atoms with Crippen molar-refractivity contribution in [3.05, 3.63) is 72.9 Å². The Kier molecular flexibility index (Phi) is 31.1. The molecule has 1 rings (SSSR count). The lowest BCUT2D eigenvalue weighted by Gasteiger charge is -2.19. The highest BCUT2D eigenvalue weighted by Crippen LogP contribution is 2.36. The van der Waals surface area contributed by atoms with Crippen molar-refractivity contribution in [1.29, 1.82) is 0 Å². The van der Waals surface area contributed by atoms with Gasteiger partial charge in [-0.1, -0.05) is 138 Å². The predicted molar refractivity (Wildman–Crippen MR) is 226 cm³/mol. The van der Waals surface area contributed by atoms with E-state index in [0.717, 1.165) is 70.6 Å². The minimum Gasteiger partial charge on any atom is -0.462 e. The highest BCUT2D eigenvalue weighted by atomic mass is 31.2. The van der Waals surface area contributed by atoms with Gasteiger partial charge >= 0.3 is 19.8 Å². The van der Waals surface area contributed by atoms with Crippen LogP contribution in [0, 0.1) is 11.8 Å². The number of hydrogen-bond donors (Lipinski definition) is 4. The maximum atomic E-state index is 12.5. The molecule has 0 heterocycles. The number of aliphatic hydroxyl groups is 2. The number of esters is 2. The van der Waals surface area contributed by atoms with Gasteiger partial charge < -0.3 is 29.5 Å². The van der Waals surface area contributed by atoms with Crippen LogP contribution in [0.15, 0.2) is 72.9 Å². The number of hydrogen-bond acceptors (Lipinski definition) is 9. The minimum atomic E-state index is -4.84. The fourth-order valence-electron chi connectivity index (χ4n) is 6.38. The van der Waals surface area contributed by atoms with Crippen LogP contribution in [0.2, 0.25) is 0 Å². The van der Waals surface area contributed by atoms with Gasteiger partial charge in [0.05, 0.1) is 18.8 Å². The van der Waals surface area contributed by atoms with Crippen LogP contribution in [-0.4, -0.2) is 69.2 Å². The molecule has 12 heteroatoms. The molecule has 0 unspecified atom stereocenters. The average Bonchev–Trinajstić information content (AvgIpc) is 3.44. The number of rotatable bonds is 34. The molecule has 1 aliphatic rings. The molecular formula is C45H73O11P. The van der Waals surface area contributed by atoms with E-state index < -0.39 is 57.2 Å². The number of carbonyl (C=O) groups is 3. The van der Waals surface area contributed by atoms with Crippen molar-refractivity contribution >= 4 is 25.5 Å². The van der Waals surface area contributed by atoms with Gasteiger partial charge in [-0.2, -0.15) is 0 Å². The third-order valence-electron chi connectivity index (χ3n) is 9.62. The summed E-state index contributed by atoms with van der Waals surface area (Å²) in [6.07, 6.45) is 38.3. The largest absolute Gasteiger partial charge is 0.469 e. The van der Waals surface area contributed by atoms with Crippen molar-refractivity contribution in [1.82, 2.24) is 0 Å². The zero-order chi connectivity index (χ0) is 42.0. The molecule has 0 aliphatic heterocycles. The lowest BCUT2D eigenvalue weighted by atomic mass is 9.88. The fraction of sp³-hybridized carbons (Fsp3) is 0.667. The van der Waals surface area contributed by atoms with Crippen LogP contribution in [-0.2, 0) is 32.9 Å². The third-order valence-corrected chi connectivity index (χ3v) is 10.1. The summed E-state index contributed by atoms with van der Waals surface area (Å²) in [5, 5.41) is 20.7. The molecule has 57 heavy (non-hydrogen) atoms. The van der Waals surface area contributed by atoms with Crippen molar-refractivity contribution in [2.24, 2.45) is 11.8 Å². The summed E-state index contributed by atoms with van der Waals surface area (Å²) in [5.41, 5.74) is 0. The fourth-order valence-corrected chi connectivity index (χ4v) is 6.74. The van der Waals surface area contributed by atoms with Gasteiger partial charge in [0.15, 0.2) is 6.10 Å². The van der Waals surface area contributed by atoms with Crippen LogP contribution in [0.1, 0.15) is 149 Å². The van der Waals surface area contributed by atoms with Crippen LogP contribution in [0.5, 0.6) is 0 Å². The van der Waals surface area contributed by atoms with Gasteiger partial charge in [0.2, 0.25) is 0 Å². The Morgan fingerprint density at radius 1 is 0.737 bits per heavy atom. The molecule has 1 saturated carbocycles. The van der Waals surface area contributed by atoms with Crippen molar-refractivity contribution in [3.63, 3.8) is 0 Å². The van der Waals surface area contributed by atoms with Crippen molar-refractivity contribution in [2.45, 2.75) is 167 Å². The van der Waals surface area contributed by atoms with Gasteiger partial charge in [-0.25, -0.2) is 4.57 Å². The van der Waals surface area contributed by atoms with Crippen LogP contribution in [0.25, 0.3) is 0 Å². The molecule has 0 amide bonds. The van der Waals surface area contributed by atoms with Gasteiger partial charge in [0.25, 0.3) is 0 Å². The number of ketones is 1. The zero-order valence-corrected chi connectivity index (χ0v) is 35.6. The van der Waals surface area contributed by atoms with Gasteiger partial charge in [0, 0.05) is 25.2 Å². The van der Waals surface area contributed by atoms with Crippen molar-refractivity contribution in [3.8, 4) is 0 Å². The molecule has 0 radical (unpaired) electrons. The van der Waals surface area contributed by atoms with Gasteiger partial charge in [0.1, 0.15) is 12.4 Å². The van der Waals surface area contributed by atoms with Crippen molar-refractivity contribution < 1.29 is 52.9 Å². The Bertz CT molecular complexity index is 1310. The summed E-state index contributed by atoms with van der Waals surface area (Å²) < 4.78 is 26.3. The van der Waals surface area contributed by atoms with E-state index in [1.165, 1.54) is 19.3 Å². The Labute approximate surface area is 342 Å². The Morgan fingerprint density at radius 3 is 1.93 bits per heavy atom. The number of aliphatic hydroxyl groups excluding tert-OH is 2. The first-order valence-electron chi connectivity index (χ1n) is 21.3. The van der Waals surface area contributed by atoms with E-state index in [0.29, 0.717) is 25.7 Å². The normalized spacial score (nSPS) is 19.1. The maximum Gasteiger partial charge on any atom is 0.469 e. The molecule has 0 aromatic carbocycles. The number of Topliss-reactive ketones (excluding diaryl/α,β-unsaturated/α-hetero) is 1. The molecule has 4 N–H and O–H groups in total. The molecule has 0 saturated heterocycles. The molecule has 0 bridgehead atoms. The van der Waals surface area contributed by atoms with E-state index >= 15 is 0 Å². The predicted octanol–water partition coefficient (Wildman–Crippen LogP) is 9.66. The van der Waals surface area contributed by atoms with Gasteiger partial charge in [-0.3, -0.25) is 18.9 Å². The van der Waals surface area contributed by atoms with Crippen LogP contribution in [0.3, 0.4) is 0 Å². The van der Waals surface area contributed by atoms with E-state index in [-0.39, 0.29) is 31.0 Å². The Morgan fingerprint density at radius 2 is 1.32 bits per heavy atom. The molecular weight excluding hydrogens is 747 g/mol. The summed E-state index contributed by atoms with van der Waals surface area (Å²) in [4.78, 5) is 55.5. The number of phosphoric ester groups is 1. The zero-order valence-electron chi connectivity index (χ0n) is 34.7. The lowest BCUT2D eigenvalue weighted by Crippen LogP contribution is -2.29. The van der Waals surface area contributed by atoms with E-state index in [4.69, 9.17) is 19.3 Å². The Balaban J connectivity index is 2.31. The smallest absolute Gasteiger partial charge is 0.462 e. The molecule has 0 aromatic rings. The lowest BCUT2D eigenvalue weighted by molar-refractivity contribution is -0.161. The van der Waals surface area contributed by atoms with Crippen LogP contribution in [0.4, 0.5) is 0 Å². The van der Waals surface area contributed by atoms with E-state index in [9.17, 15) is 29.2 Å².